The number of anilines is 2. The summed E-state index contributed by atoms with van der Waals surface area (Å²) in [5.41, 5.74) is 4.44. The average molecular weight is 368 g/mol. The van der Waals surface area contributed by atoms with E-state index in [4.69, 9.17) is 9.72 Å². The molecule has 4 rings (SSSR count). The van der Waals surface area contributed by atoms with E-state index in [1.54, 1.807) is 6.21 Å². The number of nitrogens with one attached hydrogen (secondary N) is 1. The summed E-state index contributed by atoms with van der Waals surface area (Å²) >= 11 is 0. The lowest BCUT2D eigenvalue weighted by atomic mass is 10.1. The van der Waals surface area contributed by atoms with Crippen molar-refractivity contribution >= 4 is 28.6 Å². The molecular weight excluding hydrogens is 350 g/mol. The summed E-state index contributed by atoms with van der Waals surface area (Å²) in [5, 5.41) is 5.12. The van der Waals surface area contributed by atoms with Gasteiger partial charge in [0, 0.05) is 30.1 Å². The summed E-state index contributed by atoms with van der Waals surface area (Å²) in [7, 11) is 0. The Morgan fingerprint density at radius 3 is 2.70 bits per heavy atom. The average Bonchev–Trinajstić information content (AvgIpc) is 2.70. The first-order valence-corrected chi connectivity index (χ1v) is 8.67. The Morgan fingerprint density at radius 2 is 1.89 bits per heavy atom. The van der Waals surface area contributed by atoms with Gasteiger partial charge in [-0.2, -0.15) is 5.10 Å². The minimum absolute atomic E-state index is 0.106. The largest absolute Gasteiger partial charge is 0.378 e. The predicted octanol–water partition coefficient (Wildman–Crippen LogP) is 3.80. The molecule has 2 aromatic carbocycles. The first-order valence-electron chi connectivity index (χ1n) is 8.67. The molecule has 1 fully saturated rings. The first-order chi connectivity index (χ1) is 13.2. The molecule has 27 heavy (non-hydrogen) atoms. The molecule has 0 aliphatic carbocycles. The molecule has 0 radical (unpaired) electrons. The number of pyridine rings is 1. The molecule has 0 unspecified atom stereocenters. The van der Waals surface area contributed by atoms with Crippen molar-refractivity contribution in [3.8, 4) is 0 Å². The summed E-state index contributed by atoms with van der Waals surface area (Å²) in [6, 6.07) is 13.1. The number of morpholine rings is 1. The number of aromatic nitrogens is 1. The van der Waals surface area contributed by atoms with Crippen LogP contribution < -0.4 is 10.3 Å². The third-order valence-electron chi connectivity index (χ3n) is 4.36. The second-order valence-corrected chi connectivity index (χ2v) is 6.19. The van der Waals surface area contributed by atoms with Gasteiger partial charge in [0.15, 0.2) is 5.82 Å². The van der Waals surface area contributed by atoms with E-state index >= 15 is 0 Å². The Labute approximate surface area is 155 Å². The van der Waals surface area contributed by atoms with Crippen LogP contribution in [-0.4, -0.2) is 37.5 Å². The van der Waals surface area contributed by atoms with Gasteiger partial charge >= 0.3 is 0 Å². The molecule has 1 aliphatic heterocycles. The Morgan fingerprint density at radius 1 is 1.07 bits per heavy atom. The third kappa shape index (κ3) is 3.88. The molecule has 0 amide bonds. The fourth-order valence-electron chi connectivity index (χ4n) is 3.00. The van der Waals surface area contributed by atoms with Gasteiger partial charge in [-0.05, 0) is 24.3 Å². The van der Waals surface area contributed by atoms with Gasteiger partial charge in [0.05, 0.1) is 30.6 Å². The highest BCUT2D eigenvalue weighted by molar-refractivity contribution is 5.94. The van der Waals surface area contributed by atoms with Gasteiger partial charge in [-0.1, -0.05) is 18.2 Å². The number of para-hydroxylation sites is 1. The Balaban J connectivity index is 1.66. The van der Waals surface area contributed by atoms with Crippen LogP contribution in [0, 0.1) is 11.6 Å². The van der Waals surface area contributed by atoms with E-state index in [0.29, 0.717) is 13.2 Å². The highest BCUT2D eigenvalue weighted by Gasteiger charge is 2.16. The second-order valence-electron chi connectivity index (χ2n) is 6.19. The zero-order valence-electron chi connectivity index (χ0n) is 14.5. The maximum atomic E-state index is 13.7. The quantitative estimate of drug-likeness (QED) is 0.562. The van der Waals surface area contributed by atoms with Crippen LogP contribution in [0.3, 0.4) is 0 Å². The normalized spacial score (nSPS) is 14.8. The maximum absolute atomic E-state index is 13.7. The van der Waals surface area contributed by atoms with Gasteiger partial charge in [0.25, 0.3) is 0 Å². The van der Waals surface area contributed by atoms with Crippen molar-refractivity contribution in [3.05, 3.63) is 65.7 Å². The zero-order chi connectivity index (χ0) is 18.6. The van der Waals surface area contributed by atoms with E-state index in [1.165, 1.54) is 12.1 Å². The maximum Gasteiger partial charge on any atom is 0.151 e. The molecular formula is C20H18F2N4O. The molecule has 0 spiro atoms. The van der Waals surface area contributed by atoms with Crippen molar-refractivity contribution in [1.29, 1.82) is 0 Å². The van der Waals surface area contributed by atoms with Crippen LogP contribution in [0.15, 0.2) is 53.6 Å². The summed E-state index contributed by atoms with van der Waals surface area (Å²) in [6.07, 6.45) is 1.60. The number of nitrogens with zero attached hydrogens (tertiary/aromatic N) is 3. The lowest BCUT2D eigenvalue weighted by molar-refractivity contribution is 0.122. The van der Waals surface area contributed by atoms with Crippen LogP contribution in [0.2, 0.25) is 0 Å². The summed E-state index contributed by atoms with van der Waals surface area (Å²) in [4.78, 5) is 6.93. The van der Waals surface area contributed by atoms with Crippen molar-refractivity contribution in [2.45, 2.75) is 0 Å². The third-order valence-corrected chi connectivity index (χ3v) is 4.36. The molecule has 7 heteroatoms. The number of ether oxygens (including phenoxy) is 1. The zero-order valence-corrected chi connectivity index (χ0v) is 14.5. The van der Waals surface area contributed by atoms with Crippen LogP contribution in [0.25, 0.3) is 10.9 Å². The van der Waals surface area contributed by atoms with Crippen LogP contribution in [0.4, 0.5) is 20.3 Å². The van der Waals surface area contributed by atoms with Crippen LogP contribution in [0.5, 0.6) is 0 Å². The fourth-order valence-corrected chi connectivity index (χ4v) is 3.00. The van der Waals surface area contributed by atoms with E-state index in [1.807, 2.05) is 30.3 Å². The Bertz CT molecular complexity index is 987. The smallest absolute Gasteiger partial charge is 0.151 e. The van der Waals surface area contributed by atoms with Gasteiger partial charge in [-0.25, -0.2) is 13.8 Å². The molecule has 0 bridgehead atoms. The molecule has 3 aromatic rings. The summed E-state index contributed by atoms with van der Waals surface area (Å²) in [6.45, 7) is 2.77. The molecule has 1 aliphatic rings. The number of fused-ring (bicyclic) bond motifs is 1. The van der Waals surface area contributed by atoms with Gasteiger partial charge in [-0.3, -0.25) is 5.43 Å². The minimum Gasteiger partial charge on any atom is -0.378 e. The predicted molar refractivity (Wildman–Crippen MR) is 102 cm³/mol. The highest BCUT2D eigenvalue weighted by Crippen LogP contribution is 2.23. The molecule has 1 aromatic heterocycles. The van der Waals surface area contributed by atoms with E-state index in [2.05, 4.69) is 15.4 Å². The summed E-state index contributed by atoms with van der Waals surface area (Å²) < 4.78 is 32.2. The van der Waals surface area contributed by atoms with Gasteiger partial charge < -0.3 is 9.64 Å². The van der Waals surface area contributed by atoms with E-state index in [-0.39, 0.29) is 5.69 Å². The van der Waals surface area contributed by atoms with E-state index in [9.17, 15) is 8.78 Å². The van der Waals surface area contributed by atoms with Crippen molar-refractivity contribution in [2.24, 2.45) is 5.10 Å². The Kier molecular flexibility index (Phi) is 4.93. The highest BCUT2D eigenvalue weighted by atomic mass is 19.1. The van der Waals surface area contributed by atoms with E-state index < -0.39 is 11.6 Å². The lowest BCUT2D eigenvalue weighted by Crippen LogP contribution is -2.37. The monoisotopic (exact) mass is 368 g/mol. The van der Waals surface area contributed by atoms with Crippen LogP contribution >= 0.6 is 0 Å². The number of hydrogen-bond acceptors (Lipinski definition) is 5. The molecule has 2 heterocycles. The minimum atomic E-state index is -0.697. The van der Waals surface area contributed by atoms with Crippen molar-refractivity contribution in [2.75, 3.05) is 36.6 Å². The second kappa shape index (κ2) is 7.67. The van der Waals surface area contributed by atoms with Gasteiger partial charge in [0.1, 0.15) is 11.6 Å². The molecule has 1 N–H and O–H groups in total. The van der Waals surface area contributed by atoms with Gasteiger partial charge in [0.2, 0.25) is 0 Å². The van der Waals surface area contributed by atoms with E-state index in [0.717, 1.165) is 41.4 Å². The number of hydrazone groups is 1. The van der Waals surface area contributed by atoms with Crippen molar-refractivity contribution < 1.29 is 13.5 Å². The topological polar surface area (TPSA) is 49.8 Å². The molecule has 1 saturated heterocycles. The molecule has 5 nitrogen and oxygen atoms in total. The number of halogens is 2. The Hall–Kier alpha value is -3.06. The fraction of sp³-hybridized carbons (Fsp3) is 0.200. The van der Waals surface area contributed by atoms with Crippen LogP contribution in [0.1, 0.15) is 5.56 Å². The number of benzene rings is 2. The van der Waals surface area contributed by atoms with Gasteiger partial charge in [-0.15, -0.1) is 0 Å². The van der Waals surface area contributed by atoms with Crippen molar-refractivity contribution in [3.63, 3.8) is 0 Å². The molecule has 138 valence electrons. The summed E-state index contributed by atoms with van der Waals surface area (Å²) in [5.74, 6) is -0.519. The lowest BCUT2D eigenvalue weighted by Gasteiger charge is -2.29. The van der Waals surface area contributed by atoms with Crippen LogP contribution in [-0.2, 0) is 4.74 Å². The first kappa shape index (κ1) is 17.4. The molecule has 0 atom stereocenters. The number of hydrogen-bond donors (Lipinski definition) is 1. The SMILES string of the molecule is Fc1ccc(N/N=C/c2cc3ccccc3nc2N2CCOCC2)c(F)c1. The van der Waals surface area contributed by atoms with Crippen molar-refractivity contribution in [1.82, 2.24) is 4.98 Å². The number of rotatable bonds is 4. The molecule has 0 saturated carbocycles. The standard InChI is InChI=1S/C20H18F2N4O/c21-16-5-6-19(17(22)12-16)25-23-13-15-11-14-3-1-2-4-18(14)24-20(15)26-7-9-27-10-8-26/h1-6,11-13,25H,7-10H2/b23-13+.